The number of fused-ring (bicyclic) bond motifs is 1. The van der Waals surface area contributed by atoms with E-state index >= 15 is 0 Å². The van der Waals surface area contributed by atoms with Crippen LogP contribution >= 0.6 is 0 Å². The number of hydrogen-bond donors (Lipinski definition) is 1. The van der Waals surface area contributed by atoms with E-state index in [4.69, 9.17) is 0 Å². The third kappa shape index (κ3) is 1.89. The van der Waals surface area contributed by atoms with E-state index < -0.39 is 5.97 Å². The van der Waals surface area contributed by atoms with E-state index in [0.29, 0.717) is 11.1 Å². The largest absolute Gasteiger partial charge is 0.478 e. The van der Waals surface area contributed by atoms with Gasteiger partial charge in [-0.15, -0.1) is 0 Å². The van der Waals surface area contributed by atoms with Crippen molar-refractivity contribution in [2.75, 3.05) is 0 Å². The van der Waals surface area contributed by atoms with Crippen molar-refractivity contribution in [2.24, 2.45) is 0 Å². The Balaban J connectivity index is 2.31. The van der Waals surface area contributed by atoms with Gasteiger partial charge in [0.2, 0.25) is 0 Å². The highest BCUT2D eigenvalue weighted by atomic mass is 16.4. The van der Waals surface area contributed by atoms with Crippen molar-refractivity contribution in [3.8, 4) is 11.1 Å². The Morgan fingerprint density at radius 2 is 1.84 bits per heavy atom. The molecule has 0 aliphatic carbocycles. The molecule has 19 heavy (non-hydrogen) atoms. The first kappa shape index (κ1) is 11.5. The van der Waals surface area contributed by atoms with Gasteiger partial charge in [0.05, 0.1) is 11.1 Å². The van der Waals surface area contributed by atoms with Crippen molar-refractivity contribution in [3.05, 3.63) is 66.0 Å². The second-order valence-electron chi connectivity index (χ2n) is 4.58. The van der Waals surface area contributed by atoms with Crippen molar-refractivity contribution in [2.45, 2.75) is 6.92 Å². The molecule has 3 rings (SSSR count). The first-order valence-electron chi connectivity index (χ1n) is 6.07. The van der Waals surface area contributed by atoms with E-state index in [9.17, 15) is 9.90 Å². The van der Waals surface area contributed by atoms with Crippen LogP contribution in [0, 0.1) is 6.92 Å². The SMILES string of the molecule is Cc1ccc(-c2cn3ccccc3c2C(=O)O)cc1. The third-order valence-corrected chi connectivity index (χ3v) is 3.26. The molecule has 2 aromatic heterocycles. The van der Waals surface area contributed by atoms with Crippen LogP contribution in [-0.2, 0) is 0 Å². The van der Waals surface area contributed by atoms with Crippen LogP contribution in [0.3, 0.4) is 0 Å². The quantitative estimate of drug-likeness (QED) is 0.756. The number of aromatic carboxylic acids is 1. The third-order valence-electron chi connectivity index (χ3n) is 3.26. The van der Waals surface area contributed by atoms with E-state index in [1.54, 1.807) is 0 Å². The lowest BCUT2D eigenvalue weighted by molar-refractivity contribution is 0.0700. The zero-order chi connectivity index (χ0) is 13.4. The summed E-state index contributed by atoms with van der Waals surface area (Å²) in [6.45, 7) is 2.01. The number of nitrogens with zero attached hydrogens (tertiary/aromatic N) is 1. The summed E-state index contributed by atoms with van der Waals surface area (Å²) in [7, 11) is 0. The molecule has 3 heteroatoms. The summed E-state index contributed by atoms with van der Waals surface area (Å²) in [4.78, 5) is 11.5. The summed E-state index contributed by atoms with van der Waals surface area (Å²) in [6.07, 6.45) is 3.73. The Bertz CT molecular complexity index is 754. The summed E-state index contributed by atoms with van der Waals surface area (Å²) < 4.78 is 1.85. The predicted octanol–water partition coefficient (Wildman–Crippen LogP) is 3.61. The Kier molecular flexibility index (Phi) is 2.60. The van der Waals surface area contributed by atoms with Gasteiger partial charge in [0, 0.05) is 18.0 Å². The fourth-order valence-corrected chi connectivity index (χ4v) is 2.30. The van der Waals surface area contributed by atoms with Gasteiger partial charge in [-0.1, -0.05) is 35.9 Å². The Morgan fingerprint density at radius 3 is 2.53 bits per heavy atom. The highest BCUT2D eigenvalue weighted by Crippen LogP contribution is 2.29. The van der Waals surface area contributed by atoms with Gasteiger partial charge in [0.15, 0.2) is 0 Å². The van der Waals surface area contributed by atoms with Gasteiger partial charge in [0.25, 0.3) is 0 Å². The normalized spacial score (nSPS) is 10.8. The number of aryl methyl sites for hydroxylation is 1. The lowest BCUT2D eigenvalue weighted by atomic mass is 10.0. The summed E-state index contributed by atoms with van der Waals surface area (Å²) in [6, 6.07) is 13.4. The van der Waals surface area contributed by atoms with Gasteiger partial charge in [-0.05, 0) is 24.6 Å². The van der Waals surface area contributed by atoms with E-state index in [-0.39, 0.29) is 0 Å². The number of benzene rings is 1. The molecule has 0 spiro atoms. The Labute approximate surface area is 110 Å². The number of pyridine rings is 1. The van der Waals surface area contributed by atoms with Crippen molar-refractivity contribution >= 4 is 11.5 Å². The van der Waals surface area contributed by atoms with Crippen molar-refractivity contribution in [1.82, 2.24) is 4.40 Å². The maximum Gasteiger partial charge on any atom is 0.338 e. The molecule has 0 aliphatic rings. The summed E-state index contributed by atoms with van der Waals surface area (Å²) in [5.74, 6) is -0.899. The van der Waals surface area contributed by atoms with Crippen LogP contribution in [0.25, 0.3) is 16.6 Å². The van der Waals surface area contributed by atoms with Gasteiger partial charge in [-0.3, -0.25) is 0 Å². The molecule has 1 N–H and O–H groups in total. The minimum atomic E-state index is -0.899. The van der Waals surface area contributed by atoms with Crippen LogP contribution in [-0.4, -0.2) is 15.5 Å². The van der Waals surface area contributed by atoms with Crippen LogP contribution in [0.2, 0.25) is 0 Å². The first-order chi connectivity index (χ1) is 9.16. The molecule has 94 valence electrons. The molecule has 0 saturated heterocycles. The standard InChI is InChI=1S/C16H13NO2/c1-11-5-7-12(8-6-11)13-10-17-9-3-2-4-14(17)15(13)16(18)19/h2-10H,1H3,(H,18,19). The van der Waals surface area contributed by atoms with Crippen LogP contribution in [0.15, 0.2) is 54.9 Å². The molecule has 0 bridgehead atoms. The number of carbonyl (C=O) groups is 1. The van der Waals surface area contributed by atoms with E-state index in [1.807, 2.05) is 66.2 Å². The molecule has 0 unspecified atom stereocenters. The summed E-state index contributed by atoms with van der Waals surface area (Å²) in [5.41, 5.74) is 3.89. The fraction of sp³-hybridized carbons (Fsp3) is 0.0625. The zero-order valence-electron chi connectivity index (χ0n) is 10.5. The average molecular weight is 251 g/mol. The summed E-state index contributed by atoms with van der Waals surface area (Å²) in [5, 5.41) is 9.46. The number of hydrogen-bond acceptors (Lipinski definition) is 1. The smallest absolute Gasteiger partial charge is 0.338 e. The van der Waals surface area contributed by atoms with Crippen LogP contribution < -0.4 is 0 Å². The molecule has 0 amide bonds. The van der Waals surface area contributed by atoms with Gasteiger partial charge in [-0.25, -0.2) is 4.79 Å². The molecule has 0 fully saturated rings. The molecule has 2 heterocycles. The van der Waals surface area contributed by atoms with Crippen LogP contribution in [0.1, 0.15) is 15.9 Å². The highest BCUT2D eigenvalue weighted by Gasteiger charge is 2.17. The van der Waals surface area contributed by atoms with E-state index in [2.05, 4.69) is 0 Å². The van der Waals surface area contributed by atoms with Crippen molar-refractivity contribution < 1.29 is 9.90 Å². The number of aromatic nitrogens is 1. The van der Waals surface area contributed by atoms with Crippen molar-refractivity contribution in [3.63, 3.8) is 0 Å². The minimum Gasteiger partial charge on any atom is -0.478 e. The number of carboxylic acid groups (broad SMARTS) is 1. The van der Waals surface area contributed by atoms with Crippen LogP contribution in [0.5, 0.6) is 0 Å². The molecule has 3 nitrogen and oxygen atoms in total. The van der Waals surface area contributed by atoms with Gasteiger partial charge >= 0.3 is 5.97 Å². The van der Waals surface area contributed by atoms with Crippen LogP contribution in [0.4, 0.5) is 0 Å². The van der Waals surface area contributed by atoms with Gasteiger partial charge < -0.3 is 9.51 Å². The second-order valence-corrected chi connectivity index (χ2v) is 4.58. The van der Waals surface area contributed by atoms with E-state index in [0.717, 1.165) is 16.7 Å². The first-order valence-corrected chi connectivity index (χ1v) is 6.07. The molecule has 0 aliphatic heterocycles. The molecular weight excluding hydrogens is 238 g/mol. The van der Waals surface area contributed by atoms with E-state index in [1.165, 1.54) is 0 Å². The Hall–Kier alpha value is -2.55. The summed E-state index contributed by atoms with van der Waals surface area (Å²) >= 11 is 0. The maximum atomic E-state index is 11.5. The Morgan fingerprint density at radius 1 is 1.11 bits per heavy atom. The molecule has 1 aromatic carbocycles. The second kappa shape index (κ2) is 4.28. The molecule has 3 aromatic rings. The zero-order valence-corrected chi connectivity index (χ0v) is 10.5. The minimum absolute atomic E-state index is 0.351. The van der Waals surface area contributed by atoms with Crippen molar-refractivity contribution in [1.29, 1.82) is 0 Å². The predicted molar refractivity (Wildman–Crippen MR) is 74.5 cm³/mol. The number of rotatable bonds is 2. The molecule has 0 radical (unpaired) electrons. The molecule has 0 saturated carbocycles. The van der Waals surface area contributed by atoms with Gasteiger partial charge in [-0.2, -0.15) is 0 Å². The highest BCUT2D eigenvalue weighted by molar-refractivity contribution is 6.03. The lowest BCUT2D eigenvalue weighted by Gasteiger charge is -2.01. The topological polar surface area (TPSA) is 41.7 Å². The lowest BCUT2D eigenvalue weighted by Crippen LogP contribution is -1.97. The fourth-order valence-electron chi connectivity index (χ4n) is 2.30. The molecule has 0 atom stereocenters. The van der Waals surface area contributed by atoms with Gasteiger partial charge in [0.1, 0.15) is 0 Å². The number of carboxylic acids is 1. The maximum absolute atomic E-state index is 11.5. The average Bonchev–Trinajstić information content (AvgIpc) is 2.78. The molecular formula is C16H13NO2. The monoisotopic (exact) mass is 251 g/mol.